The van der Waals surface area contributed by atoms with Crippen LogP contribution in [0.3, 0.4) is 0 Å². The van der Waals surface area contributed by atoms with E-state index in [-0.39, 0.29) is 11.8 Å². The van der Waals surface area contributed by atoms with Crippen molar-refractivity contribution in [2.45, 2.75) is 33.6 Å². The number of rotatable bonds is 6. The van der Waals surface area contributed by atoms with Crippen molar-refractivity contribution in [3.63, 3.8) is 0 Å². The Kier molecular flexibility index (Phi) is 6.81. The van der Waals surface area contributed by atoms with E-state index in [0.29, 0.717) is 6.42 Å². The quantitative estimate of drug-likeness (QED) is 0.662. The zero-order chi connectivity index (χ0) is 11.0. The van der Waals surface area contributed by atoms with Gasteiger partial charge in [-0.2, -0.15) is 0 Å². The Balaban J connectivity index is 4.24. The van der Waals surface area contributed by atoms with Crippen LogP contribution in [0.5, 0.6) is 0 Å². The van der Waals surface area contributed by atoms with Gasteiger partial charge in [0.2, 0.25) is 0 Å². The van der Waals surface area contributed by atoms with Gasteiger partial charge in [-0.3, -0.25) is 4.79 Å². The van der Waals surface area contributed by atoms with Crippen molar-refractivity contribution < 1.29 is 9.90 Å². The van der Waals surface area contributed by atoms with Crippen LogP contribution < -0.4 is 0 Å². The van der Waals surface area contributed by atoms with Gasteiger partial charge in [-0.1, -0.05) is 31.2 Å². The molecule has 0 spiro atoms. The molecule has 1 N–H and O–H groups in total. The standard InChI is InChI=1S/C12H20O2/c1-4-6-8-10(3)11(12(13)14)9-7-5-2/h4-7,10-11H,8-9H2,1-3H3,(H,13,14)/b6-4+,7-5+. The van der Waals surface area contributed by atoms with Gasteiger partial charge in [-0.25, -0.2) is 0 Å². The van der Waals surface area contributed by atoms with Gasteiger partial charge in [-0.15, -0.1) is 0 Å². The maximum atomic E-state index is 11.0. The normalized spacial score (nSPS) is 16.2. The molecular formula is C12H20O2. The van der Waals surface area contributed by atoms with Crippen molar-refractivity contribution in [3.05, 3.63) is 24.3 Å². The Morgan fingerprint density at radius 1 is 1.21 bits per heavy atom. The van der Waals surface area contributed by atoms with Crippen molar-refractivity contribution in [1.29, 1.82) is 0 Å². The van der Waals surface area contributed by atoms with Gasteiger partial charge < -0.3 is 5.11 Å². The van der Waals surface area contributed by atoms with Crippen LogP contribution >= 0.6 is 0 Å². The Morgan fingerprint density at radius 2 is 1.71 bits per heavy atom. The Hall–Kier alpha value is -1.05. The first-order valence-electron chi connectivity index (χ1n) is 5.08. The van der Waals surface area contributed by atoms with Gasteiger partial charge in [0.15, 0.2) is 0 Å². The second-order valence-electron chi connectivity index (χ2n) is 3.53. The smallest absolute Gasteiger partial charge is 0.307 e. The fourth-order valence-corrected chi connectivity index (χ4v) is 1.37. The predicted molar refractivity (Wildman–Crippen MR) is 59.2 cm³/mol. The molecule has 80 valence electrons. The lowest BCUT2D eigenvalue weighted by molar-refractivity contribution is -0.143. The van der Waals surface area contributed by atoms with E-state index in [4.69, 9.17) is 5.11 Å². The highest BCUT2D eigenvalue weighted by Crippen LogP contribution is 2.20. The van der Waals surface area contributed by atoms with Crippen LogP contribution in [0.1, 0.15) is 33.6 Å². The molecule has 2 unspecified atom stereocenters. The second-order valence-corrected chi connectivity index (χ2v) is 3.53. The van der Waals surface area contributed by atoms with Crippen molar-refractivity contribution in [1.82, 2.24) is 0 Å². The zero-order valence-electron chi connectivity index (χ0n) is 9.23. The summed E-state index contributed by atoms with van der Waals surface area (Å²) in [5, 5.41) is 9.01. The third-order valence-corrected chi connectivity index (χ3v) is 2.37. The van der Waals surface area contributed by atoms with Gasteiger partial charge in [0.05, 0.1) is 5.92 Å². The highest BCUT2D eigenvalue weighted by molar-refractivity contribution is 5.70. The summed E-state index contributed by atoms with van der Waals surface area (Å²) < 4.78 is 0. The number of hydrogen-bond donors (Lipinski definition) is 1. The largest absolute Gasteiger partial charge is 0.481 e. The van der Waals surface area contributed by atoms with Crippen LogP contribution in [0.25, 0.3) is 0 Å². The van der Waals surface area contributed by atoms with E-state index in [1.807, 2.05) is 45.1 Å². The van der Waals surface area contributed by atoms with Gasteiger partial charge >= 0.3 is 5.97 Å². The topological polar surface area (TPSA) is 37.3 Å². The molecule has 0 fully saturated rings. The molecule has 14 heavy (non-hydrogen) atoms. The van der Waals surface area contributed by atoms with Gasteiger partial charge in [0.1, 0.15) is 0 Å². The molecule has 0 rings (SSSR count). The van der Waals surface area contributed by atoms with Crippen molar-refractivity contribution in [3.8, 4) is 0 Å². The third kappa shape index (κ3) is 4.85. The first kappa shape index (κ1) is 12.9. The Morgan fingerprint density at radius 3 is 2.14 bits per heavy atom. The summed E-state index contributed by atoms with van der Waals surface area (Å²) in [6, 6.07) is 0. The molecule has 2 nitrogen and oxygen atoms in total. The monoisotopic (exact) mass is 196 g/mol. The van der Waals surface area contributed by atoms with E-state index in [1.165, 1.54) is 0 Å². The minimum atomic E-state index is -0.694. The third-order valence-electron chi connectivity index (χ3n) is 2.37. The number of allylic oxidation sites excluding steroid dienone is 4. The lowest BCUT2D eigenvalue weighted by Gasteiger charge is -2.16. The molecule has 0 saturated carbocycles. The molecule has 0 aliphatic heterocycles. The lowest BCUT2D eigenvalue weighted by atomic mass is 9.88. The average Bonchev–Trinajstić information content (AvgIpc) is 2.14. The van der Waals surface area contributed by atoms with Crippen LogP contribution in [0.2, 0.25) is 0 Å². The van der Waals surface area contributed by atoms with E-state index in [9.17, 15) is 4.79 Å². The summed E-state index contributed by atoms with van der Waals surface area (Å²) in [4.78, 5) is 11.0. The first-order valence-corrected chi connectivity index (χ1v) is 5.08. The van der Waals surface area contributed by atoms with E-state index in [1.54, 1.807) is 0 Å². The van der Waals surface area contributed by atoms with Crippen LogP contribution in [0.15, 0.2) is 24.3 Å². The van der Waals surface area contributed by atoms with E-state index >= 15 is 0 Å². The number of aliphatic carboxylic acids is 1. The SMILES string of the molecule is C/C=C/CC(C)C(C/C=C/C)C(=O)O. The summed E-state index contributed by atoms with van der Waals surface area (Å²) in [6.07, 6.45) is 9.28. The molecule has 0 heterocycles. The minimum absolute atomic E-state index is 0.194. The molecule has 0 radical (unpaired) electrons. The Bertz CT molecular complexity index is 216. The van der Waals surface area contributed by atoms with Gasteiger partial charge in [0, 0.05) is 0 Å². The van der Waals surface area contributed by atoms with E-state index in [2.05, 4.69) is 0 Å². The van der Waals surface area contributed by atoms with Crippen LogP contribution in [0.4, 0.5) is 0 Å². The van der Waals surface area contributed by atoms with Crippen molar-refractivity contribution in [2.24, 2.45) is 11.8 Å². The summed E-state index contributed by atoms with van der Waals surface area (Å²) >= 11 is 0. The summed E-state index contributed by atoms with van der Waals surface area (Å²) in [5.74, 6) is -0.762. The maximum absolute atomic E-state index is 11.0. The highest BCUT2D eigenvalue weighted by atomic mass is 16.4. The molecule has 0 aromatic heterocycles. The van der Waals surface area contributed by atoms with Crippen LogP contribution in [-0.4, -0.2) is 11.1 Å². The van der Waals surface area contributed by atoms with Gasteiger partial charge in [0.25, 0.3) is 0 Å². The molecule has 0 aromatic carbocycles. The summed E-state index contributed by atoms with van der Waals surface area (Å²) in [7, 11) is 0. The fraction of sp³-hybridized carbons (Fsp3) is 0.583. The van der Waals surface area contributed by atoms with Crippen LogP contribution in [-0.2, 0) is 4.79 Å². The predicted octanol–water partition coefficient (Wildman–Crippen LogP) is 3.26. The summed E-state index contributed by atoms with van der Waals surface area (Å²) in [6.45, 7) is 5.85. The lowest BCUT2D eigenvalue weighted by Crippen LogP contribution is -2.20. The second kappa shape index (κ2) is 7.36. The molecule has 2 heteroatoms. The van der Waals surface area contributed by atoms with Crippen molar-refractivity contribution >= 4 is 5.97 Å². The highest BCUT2D eigenvalue weighted by Gasteiger charge is 2.21. The van der Waals surface area contributed by atoms with E-state index in [0.717, 1.165) is 6.42 Å². The average molecular weight is 196 g/mol. The first-order chi connectivity index (χ1) is 6.63. The zero-order valence-corrected chi connectivity index (χ0v) is 9.23. The number of carbonyl (C=O) groups is 1. The van der Waals surface area contributed by atoms with Crippen LogP contribution in [0, 0.1) is 11.8 Å². The summed E-state index contributed by atoms with van der Waals surface area (Å²) in [5.41, 5.74) is 0. The molecule has 0 aliphatic rings. The fourth-order valence-electron chi connectivity index (χ4n) is 1.37. The maximum Gasteiger partial charge on any atom is 0.307 e. The minimum Gasteiger partial charge on any atom is -0.481 e. The number of hydrogen-bond acceptors (Lipinski definition) is 1. The molecule has 0 aliphatic carbocycles. The molecule has 0 amide bonds. The molecular weight excluding hydrogens is 176 g/mol. The Labute approximate surface area is 86.3 Å². The van der Waals surface area contributed by atoms with Gasteiger partial charge in [-0.05, 0) is 32.6 Å². The van der Waals surface area contributed by atoms with E-state index < -0.39 is 5.97 Å². The van der Waals surface area contributed by atoms with Crippen molar-refractivity contribution in [2.75, 3.05) is 0 Å². The molecule has 2 atom stereocenters. The molecule has 0 bridgehead atoms. The number of carboxylic acids is 1. The molecule has 0 saturated heterocycles. The molecule has 0 aromatic rings. The number of carboxylic acid groups (broad SMARTS) is 1.